The standard InChI is InChI=1S/C23H31FN2O2/c1-5-13-28-17-23(27)16-26(19(4)18(2)3)15-22-7-6-12-25(22)14-20-8-10-21(24)11-9-20/h1,6-12,18-19,23,27H,13-17H2,2-4H3. The van der Waals surface area contributed by atoms with Gasteiger partial charge in [-0.1, -0.05) is 31.9 Å². The van der Waals surface area contributed by atoms with Gasteiger partial charge in [-0.15, -0.1) is 6.42 Å². The Hall–Kier alpha value is -2.13. The summed E-state index contributed by atoms with van der Waals surface area (Å²) in [6.07, 6.45) is 6.62. The maximum atomic E-state index is 13.2. The SMILES string of the molecule is C#CCOCC(O)CN(Cc1cccn1Cc1ccc(F)cc1)C(C)C(C)C. The number of aromatic nitrogens is 1. The molecule has 0 fully saturated rings. The number of benzene rings is 1. The van der Waals surface area contributed by atoms with Crippen LogP contribution < -0.4 is 0 Å². The second kappa shape index (κ2) is 11.0. The first kappa shape index (κ1) is 22.2. The Morgan fingerprint density at radius 3 is 2.57 bits per heavy atom. The Balaban J connectivity index is 2.08. The van der Waals surface area contributed by atoms with E-state index in [1.54, 1.807) is 12.1 Å². The summed E-state index contributed by atoms with van der Waals surface area (Å²) in [5.74, 6) is 2.63. The quantitative estimate of drug-likeness (QED) is 0.474. The molecule has 1 aromatic carbocycles. The molecule has 0 bridgehead atoms. The lowest BCUT2D eigenvalue weighted by Crippen LogP contribution is -2.42. The number of hydrogen-bond donors (Lipinski definition) is 1. The Morgan fingerprint density at radius 1 is 1.21 bits per heavy atom. The smallest absolute Gasteiger partial charge is 0.123 e. The van der Waals surface area contributed by atoms with Crippen LogP contribution in [0.4, 0.5) is 4.39 Å². The van der Waals surface area contributed by atoms with Gasteiger partial charge in [0, 0.05) is 37.6 Å². The topological polar surface area (TPSA) is 37.6 Å². The van der Waals surface area contributed by atoms with Crippen LogP contribution in [0.2, 0.25) is 0 Å². The summed E-state index contributed by atoms with van der Waals surface area (Å²) in [4.78, 5) is 2.27. The zero-order valence-electron chi connectivity index (χ0n) is 17.0. The van der Waals surface area contributed by atoms with Crippen molar-refractivity contribution in [2.24, 2.45) is 5.92 Å². The summed E-state index contributed by atoms with van der Waals surface area (Å²) in [6.45, 7) is 8.85. The lowest BCUT2D eigenvalue weighted by Gasteiger charge is -2.33. The highest BCUT2D eigenvalue weighted by Crippen LogP contribution is 2.17. The van der Waals surface area contributed by atoms with Crippen LogP contribution >= 0.6 is 0 Å². The number of aliphatic hydroxyl groups excluding tert-OH is 1. The van der Waals surface area contributed by atoms with Crippen molar-refractivity contribution in [3.63, 3.8) is 0 Å². The van der Waals surface area contributed by atoms with Gasteiger partial charge in [0.2, 0.25) is 0 Å². The van der Waals surface area contributed by atoms with E-state index < -0.39 is 6.10 Å². The monoisotopic (exact) mass is 386 g/mol. The van der Waals surface area contributed by atoms with E-state index in [9.17, 15) is 9.50 Å². The minimum absolute atomic E-state index is 0.206. The Morgan fingerprint density at radius 2 is 1.93 bits per heavy atom. The van der Waals surface area contributed by atoms with Crippen molar-refractivity contribution in [3.8, 4) is 12.3 Å². The highest BCUT2D eigenvalue weighted by Gasteiger charge is 2.21. The van der Waals surface area contributed by atoms with Crippen molar-refractivity contribution in [2.45, 2.75) is 46.0 Å². The van der Waals surface area contributed by atoms with E-state index in [4.69, 9.17) is 11.2 Å². The van der Waals surface area contributed by atoms with Gasteiger partial charge >= 0.3 is 0 Å². The fourth-order valence-corrected chi connectivity index (χ4v) is 3.12. The highest BCUT2D eigenvalue weighted by atomic mass is 19.1. The lowest BCUT2D eigenvalue weighted by molar-refractivity contribution is 0.0115. The highest BCUT2D eigenvalue weighted by molar-refractivity contribution is 5.18. The maximum absolute atomic E-state index is 13.2. The Kier molecular flexibility index (Phi) is 8.72. The number of nitrogens with zero attached hydrogens (tertiary/aromatic N) is 2. The van der Waals surface area contributed by atoms with Crippen LogP contribution in [0.15, 0.2) is 42.6 Å². The molecular formula is C23H31FN2O2. The van der Waals surface area contributed by atoms with Gasteiger partial charge in [-0.2, -0.15) is 0 Å². The van der Waals surface area contributed by atoms with Crippen LogP contribution in [0.1, 0.15) is 32.0 Å². The molecule has 1 aromatic heterocycles. The van der Waals surface area contributed by atoms with Crippen LogP contribution in [-0.2, 0) is 17.8 Å². The summed E-state index contributed by atoms with van der Waals surface area (Å²) >= 11 is 0. The largest absolute Gasteiger partial charge is 0.389 e. The number of rotatable bonds is 11. The van der Waals surface area contributed by atoms with E-state index in [-0.39, 0.29) is 25.1 Å². The molecule has 0 saturated carbocycles. The molecule has 2 aromatic rings. The molecule has 0 aliphatic heterocycles. The minimum Gasteiger partial charge on any atom is -0.389 e. The van der Waals surface area contributed by atoms with Gasteiger partial charge in [0.1, 0.15) is 12.4 Å². The van der Waals surface area contributed by atoms with Gasteiger partial charge in [-0.05, 0) is 42.7 Å². The molecule has 0 aliphatic rings. The van der Waals surface area contributed by atoms with Crippen molar-refractivity contribution in [1.29, 1.82) is 0 Å². The molecule has 152 valence electrons. The molecule has 1 heterocycles. The van der Waals surface area contributed by atoms with E-state index in [1.807, 2.05) is 12.3 Å². The summed E-state index contributed by atoms with van der Waals surface area (Å²) in [6, 6.07) is 11.0. The number of aliphatic hydroxyl groups is 1. The fourth-order valence-electron chi connectivity index (χ4n) is 3.12. The molecule has 28 heavy (non-hydrogen) atoms. The maximum Gasteiger partial charge on any atom is 0.123 e. The van der Waals surface area contributed by atoms with Crippen molar-refractivity contribution < 1.29 is 14.2 Å². The molecule has 0 amide bonds. The average Bonchev–Trinajstić information content (AvgIpc) is 3.09. The van der Waals surface area contributed by atoms with Crippen molar-refractivity contribution in [2.75, 3.05) is 19.8 Å². The first-order chi connectivity index (χ1) is 13.4. The van der Waals surface area contributed by atoms with Gasteiger partial charge in [0.05, 0.1) is 12.7 Å². The second-order valence-electron chi connectivity index (χ2n) is 7.54. The molecule has 1 N–H and O–H groups in total. The third-order valence-electron chi connectivity index (χ3n) is 5.04. The van der Waals surface area contributed by atoms with Crippen LogP contribution in [0.5, 0.6) is 0 Å². The van der Waals surface area contributed by atoms with Gasteiger partial charge in [-0.3, -0.25) is 4.90 Å². The van der Waals surface area contributed by atoms with Crippen molar-refractivity contribution in [1.82, 2.24) is 9.47 Å². The molecule has 0 aliphatic carbocycles. The molecule has 0 saturated heterocycles. The molecule has 0 spiro atoms. The molecule has 5 heteroatoms. The van der Waals surface area contributed by atoms with Gasteiger partial charge < -0.3 is 14.4 Å². The predicted molar refractivity (Wildman–Crippen MR) is 110 cm³/mol. The van der Waals surface area contributed by atoms with E-state index in [0.717, 1.165) is 11.3 Å². The summed E-state index contributed by atoms with van der Waals surface area (Å²) in [5, 5.41) is 10.4. The molecule has 2 atom stereocenters. The zero-order chi connectivity index (χ0) is 20.5. The predicted octanol–water partition coefficient (Wildman–Crippen LogP) is 3.53. The normalized spacial score (nSPS) is 13.6. The molecular weight excluding hydrogens is 355 g/mol. The van der Waals surface area contributed by atoms with E-state index >= 15 is 0 Å². The number of terminal acetylenes is 1. The summed E-state index contributed by atoms with van der Waals surface area (Å²) < 4.78 is 20.6. The van der Waals surface area contributed by atoms with E-state index in [2.05, 4.69) is 42.2 Å². The van der Waals surface area contributed by atoms with Crippen LogP contribution in [0.3, 0.4) is 0 Å². The third-order valence-corrected chi connectivity index (χ3v) is 5.04. The lowest BCUT2D eigenvalue weighted by atomic mass is 10.0. The van der Waals surface area contributed by atoms with Crippen molar-refractivity contribution >= 4 is 0 Å². The number of ether oxygens (including phenoxy) is 1. The average molecular weight is 387 g/mol. The third kappa shape index (κ3) is 6.79. The van der Waals surface area contributed by atoms with Gasteiger partial charge in [0.15, 0.2) is 0 Å². The van der Waals surface area contributed by atoms with E-state index in [0.29, 0.717) is 25.6 Å². The second-order valence-corrected chi connectivity index (χ2v) is 7.54. The molecule has 2 unspecified atom stereocenters. The number of halogens is 1. The first-order valence-electron chi connectivity index (χ1n) is 9.72. The van der Waals surface area contributed by atoms with Gasteiger partial charge in [-0.25, -0.2) is 4.39 Å². The van der Waals surface area contributed by atoms with Crippen molar-refractivity contribution in [3.05, 3.63) is 59.7 Å². The molecule has 2 rings (SSSR count). The van der Waals surface area contributed by atoms with Crippen LogP contribution in [-0.4, -0.2) is 46.5 Å². The first-order valence-corrected chi connectivity index (χ1v) is 9.72. The van der Waals surface area contributed by atoms with Crippen LogP contribution in [0, 0.1) is 24.1 Å². The number of hydrogen-bond acceptors (Lipinski definition) is 3. The van der Waals surface area contributed by atoms with E-state index in [1.165, 1.54) is 12.1 Å². The van der Waals surface area contributed by atoms with Crippen LogP contribution in [0.25, 0.3) is 0 Å². The zero-order valence-corrected chi connectivity index (χ0v) is 17.0. The fraction of sp³-hybridized carbons (Fsp3) is 0.478. The molecule has 0 radical (unpaired) electrons. The summed E-state index contributed by atoms with van der Waals surface area (Å²) in [7, 11) is 0. The Bertz CT molecular complexity index is 749. The Labute approximate surface area is 167 Å². The molecule has 4 nitrogen and oxygen atoms in total. The summed E-state index contributed by atoms with van der Waals surface area (Å²) in [5.41, 5.74) is 2.19. The van der Waals surface area contributed by atoms with Gasteiger partial charge in [0.25, 0.3) is 0 Å². The minimum atomic E-state index is -0.602.